The molecule has 0 bridgehead atoms. The molecule has 9 nitrogen and oxygen atoms in total. The second-order valence-corrected chi connectivity index (χ2v) is 16.7. The van der Waals surface area contributed by atoms with E-state index in [0.29, 0.717) is 23.9 Å². The van der Waals surface area contributed by atoms with Gasteiger partial charge in [-0.15, -0.1) is 0 Å². The lowest BCUT2D eigenvalue weighted by atomic mass is 10.0. The van der Waals surface area contributed by atoms with Crippen LogP contribution in [0.5, 0.6) is 0 Å². The molecule has 0 spiro atoms. The number of likely N-dealkylation sites (N-methyl/N-ethyl adjacent to an activating group) is 1. The molecule has 0 aliphatic carbocycles. The maximum absolute atomic E-state index is 12.7. The highest BCUT2D eigenvalue weighted by molar-refractivity contribution is 5.70. The van der Waals surface area contributed by atoms with Gasteiger partial charge in [-0.3, -0.25) is 9.59 Å². The summed E-state index contributed by atoms with van der Waals surface area (Å²) >= 11 is 0. The molecule has 0 fully saturated rings. The molecular weight excluding hydrogens is 707 g/mol. The van der Waals surface area contributed by atoms with Gasteiger partial charge in [-0.2, -0.15) is 0 Å². The van der Waals surface area contributed by atoms with E-state index in [1.54, 1.807) is 0 Å². The van der Waals surface area contributed by atoms with Crippen molar-refractivity contribution in [3.63, 3.8) is 0 Å². The number of hydrogen-bond donors (Lipinski definition) is 0. The quantitative estimate of drug-likeness (QED) is 0.0197. The van der Waals surface area contributed by atoms with Gasteiger partial charge >= 0.3 is 11.9 Å². The Morgan fingerprint density at radius 1 is 0.536 bits per heavy atom. The summed E-state index contributed by atoms with van der Waals surface area (Å²) in [4.78, 5) is 37.0. The van der Waals surface area contributed by atoms with Crippen molar-refractivity contribution in [1.29, 1.82) is 0 Å². The molecule has 0 aromatic heterocycles. The van der Waals surface area contributed by atoms with Crippen LogP contribution in [0.4, 0.5) is 0 Å². The molecule has 0 saturated carbocycles. The lowest BCUT2D eigenvalue weighted by Crippen LogP contribution is -2.44. The number of quaternary nitrogens is 1. The van der Waals surface area contributed by atoms with Gasteiger partial charge in [0, 0.05) is 12.8 Å². The smallest absolute Gasteiger partial charge is 0.306 e. The first-order valence-corrected chi connectivity index (χ1v) is 23.0. The van der Waals surface area contributed by atoms with Crippen molar-refractivity contribution < 1.29 is 42.9 Å². The monoisotopic (exact) mass is 794 g/mol. The molecule has 0 aliphatic heterocycles. The Labute approximate surface area is 344 Å². The number of unbranched alkanes of at least 4 members (excludes halogenated alkanes) is 23. The zero-order chi connectivity index (χ0) is 41.4. The van der Waals surface area contributed by atoms with Crippen molar-refractivity contribution in [2.75, 3.05) is 47.5 Å². The van der Waals surface area contributed by atoms with Gasteiger partial charge < -0.3 is 33.3 Å². The second-order valence-electron chi connectivity index (χ2n) is 16.7. The number of rotatable bonds is 42. The van der Waals surface area contributed by atoms with Crippen LogP contribution in [0.15, 0.2) is 24.3 Å². The Morgan fingerprint density at radius 3 is 1.45 bits per heavy atom. The summed E-state index contributed by atoms with van der Waals surface area (Å²) in [5.74, 6) is -2.29. The molecule has 0 N–H and O–H groups in total. The molecule has 9 heteroatoms. The minimum atomic E-state index is -1.62. The minimum Gasteiger partial charge on any atom is -0.545 e. The van der Waals surface area contributed by atoms with Crippen molar-refractivity contribution in [3.05, 3.63) is 24.3 Å². The average Bonchev–Trinajstić information content (AvgIpc) is 3.15. The third-order valence-electron chi connectivity index (χ3n) is 9.95. The third-order valence-corrected chi connectivity index (χ3v) is 9.95. The molecule has 0 amide bonds. The summed E-state index contributed by atoms with van der Waals surface area (Å²) in [5.41, 5.74) is 0. The normalized spacial score (nSPS) is 13.1. The summed E-state index contributed by atoms with van der Waals surface area (Å²) in [6, 6.07) is 0. The molecule has 0 aromatic carbocycles. The number of carboxylic acids is 1. The van der Waals surface area contributed by atoms with E-state index in [1.165, 1.54) is 116 Å². The molecule has 0 aromatic rings. The van der Waals surface area contributed by atoms with Crippen LogP contribution in [0.2, 0.25) is 0 Å². The van der Waals surface area contributed by atoms with Crippen LogP contribution in [-0.2, 0) is 33.3 Å². The predicted octanol–water partition coefficient (Wildman–Crippen LogP) is 10.7. The number of ether oxygens (including phenoxy) is 4. The minimum absolute atomic E-state index is 0.148. The van der Waals surface area contributed by atoms with Gasteiger partial charge in [-0.05, 0) is 44.9 Å². The fourth-order valence-electron chi connectivity index (χ4n) is 6.33. The predicted molar refractivity (Wildman–Crippen MR) is 228 cm³/mol. The van der Waals surface area contributed by atoms with Crippen molar-refractivity contribution in [3.8, 4) is 0 Å². The Hall–Kier alpha value is -2.23. The summed E-state index contributed by atoms with van der Waals surface area (Å²) in [7, 11) is 5.91. The van der Waals surface area contributed by atoms with Crippen LogP contribution in [0.3, 0.4) is 0 Å². The fourth-order valence-corrected chi connectivity index (χ4v) is 6.33. The van der Waals surface area contributed by atoms with Gasteiger partial charge in [0.1, 0.15) is 13.2 Å². The van der Waals surface area contributed by atoms with Gasteiger partial charge in [-0.25, -0.2) is 0 Å². The Kier molecular flexibility index (Phi) is 38.0. The first-order chi connectivity index (χ1) is 27.1. The first-order valence-electron chi connectivity index (χ1n) is 23.0. The average molecular weight is 794 g/mol. The van der Waals surface area contributed by atoms with E-state index in [0.717, 1.165) is 51.4 Å². The van der Waals surface area contributed by atoms with Crippen LogP contribution < -0.4 is 5.11 Å². The number of nitrogens with zero attached hydrogens (tertiary/aromatic N) is 1. The summed E-state index contributed by atoms with van der Waals surface area (Å²) in [5, 5.41) is 11.7. The highest BCUT2D eigenvalue weighted by Gasteiger charge is 2.21. The Balaban J connectivity index is 4.42. The zero-order valence-corrected chi connectivity index (χ0v) is 37.0. The fraction of sp³-hybridized carbons (Fsp3) is 0.851. The molecule has 0 aliphatic rings. The van der Waals surface area contributed by atoms with E-state index in [9.17, 15) is 19.5 Å². The molecule has 328 valence electrons. The van der Waals surface area contributed by atoms with Crippen molar-refractivity contribution in [2.45, 2.75) is 212 Å². The number of esters is 2. The number of carboxylic acid groups (broad SMARTS) is 1. The molecule has 0 radical (unpaired) electrons. The van der Waals surface area contributed by atoms with E-state index in [4.69, 9.17) is 18.9 Å². The van der Waals surface area contributed by atoms with Gasteiger partial charge in [-0.1, -0.05) is 167 Å². The number of hydrogen-bond acceptors (Lipinski definition) is 8. The molecule has 0 heterocycles. The molecule has 0 rings (SSSR count). The van der Waals surface area contributed by atoms with E-state index < -0.39 is 24.3 Å². The molecular formula is C47H87NO8. The third kappa shape index (κ3) is 40.0. The highest BCUT2D eigenvalue weighted by Crippen LogP contribution is 2.15. The van der Waals surface area contributed by atoms with E-state index in [2.05, 4.69) is 38.2 Å². The van der Waals surface area contributed by atoms with Crippen LogP contribution in [0.25, 0.3) is 0 Å². The maximum Gasteiger partial charge on any atom is 0.306 e. The number of carbonyl (C=O) groups excluding carboxylic acids is 3. The van der Waals surface area contributed by atoms with Crippen LogP contribution in [0, 0.1) is 0 Å². The number of allylic oxidation sites excluding steroid dienone is 4. The van der Waals surface area contributed by atoms with Crippen molar-refractivity contribution in [1.82, 2.24) is 0 Å². The standard InChI is InChI=1S/C47H87NO8/c1-6-8-10-12-14-16-18-20-22-23-24-26-28-30-32-34-36-38-45(50)56-43(42-55-47(46(51)52)53-40-39-48(3,4)5)41-54-44(49)37-35-33-31-29-27-25-21-19-17-15-13-11-9-7-2/h14,16,20,22,43,47H,6-13,15,17-19,21,23-42H2,1-5H3/b16-14-,22-20-. The number of aliphatic carboxylic acids is 1. The second kappa shape index (κ2) is 39.6. The topological polar surface area (TPSA) is 111 Å². The van der Waals surface area contributed by atoms with E-state index >= 15 is 0 Å². The van der Waals surface area contributed by atoms with Gasteiger partial charge in [0.25, 0.3) is 0 Å². The van der Waals surface area contributed by atoms with Gasteiger partial charge in [0.15, 0.2) is 12.4 Å². The zero-order valence-electron chi connectivity index (χ0n) is 37.0. The molecule has 56 heavy (non-hydrogen) atoms. The SMILES string of the molecule is CCCCC/C=C\C/C=C\CCCCCCCCCC(=O)OC(COC(=O)CCCCCCCCCCCCCCCC)COC(OCC[N+](C)(C)C)C(=O)[O-]. The Bertz CT molecular complexity index is 976. The lowest BCUT2D eigenvalue weighted by Gasteiger charge is -2.26. The van der Waals surface area contributed by atoms with Crippen molar-refractivity contribution >= 4 is 17.9 Å². The summed E-state index contributed by atoms with van der Waals surface area (Å²) in [6.45, 7) is 4.72. The van der Waals surface area contributed by atoms with Crippen LogP contribution >= 0.6 is 0 Å². The lowest BCUT2D eigenvalue weighted by molar-refractivity contribution is -0.870. The van der Waals surface area contributed by atoms with Crippen LogP contribution in [-0.4, -0.2) is 82.3 Å². The molecule has 2 unspecified atom stereocenters. The molecule has 2 atom stereocenters. The van der Waals surface area contributed by atoms with Gasteiger partial charge in [0.2, 0.25) is 0 Å². The largest absolute Gasteiger partial charge is 0.545 e. The van der Waals surface area contributed by atoms with E-state index in [-0.39, 0.29) is 32.2 Å². The maximum atomic E-state index is 12.7. The Morgan fingerprint density at radius 2 is 0.964 bits per heavy atom. The highest BCUT2D eigenvalue weighted by atomic mass is 16.7. The van der Waals surface area contributed by atoms with Crippen molar-refractivity contribution in [2.24, 2.45) is 0 Å². The first kappa shape index (κ1) is 53.8. The van der Waals surface area contributed by atoms with Crippen LogP contribution in [0.1, 0.15) is 200 Å². The summed E-state index contributed by atoms with van der Waals surface area (Å²) in [6.07, 6.45) is 39.1. The van der Waals surface area contributed by atoms with Gasteiger partial charge in [0.05, 0.1) is 40.3 Å². The molecule has 0 saturated heterocycles. The van der Waals surface area contributed by atoms with E-state index in [1.807, 2.05) is 21.1 Å². The summed E-state index contributed by atoms with van der Waals surface area (Å²) < 4.78 is 22.6. The number of carbonyl (C=O) groups is 3.